The summed E-state index contributed by atoms with van der Waals surface area (Å²) in [5.74, 6) is 0.128. The molecule has 2 heterocycles. The number of nitrogens with zero attached hydrogens (tertiary/aromatic N) is 1. The van der Waals surface area contributed by atoms with Gasteiger partial charge in [-0.2, -0.15) is 0 Å². The third-order valence-electron chi connectivity index (χ3n) is 6.63. The second kappa shape index (κ2) is 12.9. The van der Waals surface area contributed by atoms with E-state index in [0.717, 1.165) is 19.4 Å². The van der Waals surface area contributed by atoms with Gasteiger partial charge < -0.3 is 29.4 Å². The Kier molecular flexibility index (Phi) is 9.88. The van der Waals surface area contributed by atoms with E-state index < -0.39 is 30.2 Å². The van der Waals surface area contributed by atoms with Crippen molar-refractivity contribution in [1.82, 2.24) is 15.5 Å². The maximum atomic E-state index is 13.5. The van der Waals surface area contributed by atoms with Crippen molar-refractivity contribution in [2.75, 3.05) is 27.2 Å². The summed E-state index contributed by atoms with van der Waals surface area (Å²) in [5, 5.41) is 5.57. The zero-order chi connectivity index (χ0) is 27.0. The molecular weight excluding hydrogens is 474 g/mol. The Morgan fingerprint density at radius 2 is 1.92 bits per heavy atom. The lowest BCUT2D eigenvalue weighted by molar-refractivity contribution is -0.128. The molecule has 2 N–H and O–H groups in total. The summed E-state index contributed by atoms with van der Waals surface area (Å²) in [6, 6.07) is 10.0. The van der Waals surface area contributed by atoms with Crippen molar-refractivity contribution < 1.29 is 28.3 Å². The van der Waals surface area contributed by atoms with Crippen LogP contribution in [0.25, 0.3) is 0 Å². The summed E-state index contributed by atoms with van der Waals surface area (Å²) in [5.41, 5.74) is 0.911. The van der Waals surface area contributed by atoms with E-state index in [4.69, 9.17) is 13.9 Å². The van der Waals surface area contributed by atoms with Gasteiger partial charge in [-0.05, 0) is 57.7 Å². The van der Waals surface area contributed by atoms with Gasteiger partial charge in [0.15, 0.2) is 11.5 Å². The van der Waals surface area contributed by atoms with Crippen LogP contribution in [0, 0.1) is 12.3 Å². The fourth-order valence-electron chi connectivity index (χ4n) is 4.39. The Labute approximate surface area is 218 Å². The van der Waals surface area contributed by atoms with Crippen LogP contribution in [0.4, 0.5) is 4.79 Å². The van der Waals surface area contributed by atoms with Crippen LogP contribution in [0.2, 0.25) is 0 Å². The first-order valence-electron chi connectivity index (χ1n) is 12.7. The number of carbonyl (C=O) groups excluding carboxylic acids is 3. The molecule has 0 spiro atoms. The first-order valence-corrected chi connectivity index (χ1v) is 12.7. The topological polar surface area (TPSA) is 110 Å². The number of aryl methyl sites for hydroxylation is 2. The van der Waals surface area contributed by atoms with E-state index >= 15 is 0 Å². The largest absolute Gasteiger partial charge is 0.466 e. The van der Waals surface area contributed by atoms with Crippen molar-refractivity contribution in [3.8, 4) is 5.75 Å². The number of rotatable bonds is 12. The molecule has 202 valence electrons. The lowest BCUT2D eigenvalue weighted by Gasteiger charge is -2.30. The van der Waals surface area contributed by atoms with Crippen molar-refractivity contribution in [2.45, 2.75) is 64.6 Å². The number of amides is 2. The molecule has 1 aliphatic rings. The van der Waals surface area contributed by atoms with Crippen LogP contribution in [0.15, 0.2) is 47.1 Å². The number of hydrogen-bond acceptors (Lipinski definition) is 7. The van der Waals surface area contributed by atoms with E-state index in [0.29, 0.717) is 18.6 Å². The van der Waals surface area contributed by atoms with Crippen molar-refractivity contribution in [3.05, 3.63) is 54.0 Å². The van der Waals surface area contributed by atoms with Gasteiger partial charge in [-0.25, -0.2) is 4.79 Å². The molecule has 3 rings (SSSR count). The van der Waals surface area contributed by atoms with E-state index in [1.807, 2.05) is 37.2 Å². The lowest BCUT2D eigenvalue weighted by atomic mass is 9.80. The molecule has 0 aliphatic carbocycles. The molecule has 9 heteroatoms. The quantitative estimate of drug-likeness (QED) is 0.447. The minimum atomic E-state index is -0.909. The fraction of sp³-hybridized carbons (Fsp3) is 0.536. The summed E-state index contributed by atoms with van der Waals surface area (Å²) in [6.45, 7) is 6.49. The summed E-state index contributed by atoms with van der Waals surface area (Å²) in [6.07, 6.45) is 2.85. The van der Waals surface area contributed by atoms with Gasteiger partial charge in [-0.3, -0.25) is 9.59 Å². The van der Waals surface area contributed by atoms with Crippen LogP contribution >= 0.6 is 0 Å². The molecule has 2 unspecified atom stereocenters. The fourth-order valence-corrected chi connectivity index (χ4v) is 4.39. The molecule has 0 saturated carbocycles. The van der Waals surface area contributed by atoms with E-state index in [2.05, 4.69) is 36.6 Å². The molecule has 0 bridgehead atoms. The minimum absolute atomic E-state index is 0.0362. The molecule has 1 aromatic carbocycles. The van der Waals surface area contributed by atoms with Crippen LogP contribution < -0.4 is 15.4 Å². The Balaban J connectivity index is 1.70. The van der Waals surface area contributed by atoms with Crippen molar-refractivity contribution in [3.63, 3.8) is 0 Å². The maximum Gasteiger partial charge on any atom is 0.413 e. The van der Waals surface area contributed by atoms with Crippen molar-refractivity contribution >= 4 is 17.8 Å². The number of furan rings is 1. The van der Waals surface area contributed by atoms with Gasteiger partial charge in [0.1, 0.15) is 24.5 Å². The standard InChI is InChI=1S/C28H39N3O6/c1-19-23(13-16-35-19)37-27(34)29-21(17-28(2,3)14-11-20-9-7-6-8-10-20)26(33)30-25-22(32)18-36-24(25)12-15-31(4)5/h6-10,13,16,21,24-25H,11-12,14-15,17-18H2,1-5H3,(H,29,34)(H,30,33)/t21-,24?,25?/m0/s1. The minimum Gasteiger partial charge on any atom is -0.466 e. The van der Waals surface area contributed by atoms with Gasteiger partial charge in [0.05, 0.1) is 12.4 Å². The lowest BCUT2D eigenvalue weighted by Crippen LogP contribution is -2.55. The van der Waals surface area contributed by atoms with Crippen LogP contribution in [0.3, 0.4) is 0 Å². The molecular formula is C28H39N3O6. The summed E-state index contributed by atoms with van der Waals surface area (Å²) >= 11 is 0. The molecule has 0 radical (unpaired) electrons. The number of ether oxygens (including phenoxy) is 2. The molecule has 1 fully saturated rings. The number of hydrogen-bond donors (Lipinski definition) is 2. The highest BCUT2D eigenvalue weighted by molar-refractivity contribution is 5.94. The van der Waals surface area contributed by atoms with Crippen LogP contribution in [0.5, 0.6) is 5.75 Å². The third kappa shape index (κ3) is 8.72. The average molecular weight is 514 g/mol. The predicted octanol–water partition coefficient (Wildman–Crippen LogP) is 3.50. The van der Waals surface area contributed by atoms with Crippen LogP contribution in [-0.2, 0) is 20.7 Å². The first kappa shape index (κ1) is 28.4. The zero-order valence-electron chi connectivity index (χ0n) is 22.4. The number of ketones is 1. The van der Waals surface area contributed by atoms with Crippen LogP contribution in [0.1, 0.15) is 44.4 Å². The van der Waals surface area contributed by atoms with Gasteiger partial charge in [0.25, 0.3) is 0 Å². The first-order chi connectivity index (χ1) is 17.5. The Morgan fingerprint density at radius 3 is 2.57 bits per heavy atom. The number of Topliss-reactive ketones (excluding diaryl/α,β-unsaturated/α-hetero) is 1. The third-order valence-corrected chi connectivity index (χ3v) is 6.63. The normalized spacial score (nSPS) is 18.6. The average Bonchev–Trinajstić information content (AvgIpc) is 3.41. The zero-order valence-corrected chi connectivity index (χ0v) is 22.4. The maximum absolute atomic E-state index is 13.5. The highest BCUT2D eigenvalue weighted by atomic mass is 16.6. The highest BCUT2D eigenvalue weighted by Crippen LogP contribution is 2.29. The second-order valence-corrected chi connectivity index (χ2v) is 10.7. The predicted molar refractivity (Wildman–Crippen MR) is 139 cm³/mol. The molecule has 1 aromatic heterocycles. The van der Waals surface area contributed by atoms with E-state index in [1.54, 1.807) is 6.92 Å². The molecule has 1 saturated heterocycles. The highest BCUT2D eigenvalue weighted by Gasteiger charge is 2.39. The molecule has 2 aromatic rings. The Bertz CT molecular complexity index is 1050. The van der Waals surface area contributed by atoms with Crippen molar-refractivity contribution in [1.29, 1.82) is 0 Å². The van der Waals surface area contributed by atoms with Gasteiger partial charge in [0, 0.05) is 12.6 Å². The van der Waals surface area contributed by atoms with Crippen molar-refractivity contribution in [2.24, 2.45) is 5.41 Å². The monoisotopic (exact) mass is 513 g/mol. The molecule has 1 aliphatic heterocycles. The number of carbonyl (C=O) groups is 3. The summed E-state index contributed by atoms with van der Waals surface area (Å²) in [4.78, 5) is 40.7. The smallest absolute Gasteiger partial charge is 0.413 e. The molecule has 37 heavy (non-hydrogen) atoms. The van der Waals surface area contributed by atoms with E-state index in [-0.39, 0.29) is 23.6 Å². The van der Waals surface area contributed by atoms with Gasteiger partial charge in [-0.15, -0.1) is 0 Å². The van der Waals surface area contributed by atoms with Gasteiger partial charge in [-0.1, -0.05) is 44.2 Å². The van der Waals surface area contributed by atoms with Gasteiger partial charge in [0.2, 0.25) is 5.91 Å². The molecule has 2 amide bonds. The SMILES string of the molecule is Cc1occc1OC(=O)N[C@@H](CC(C)(C)CCc1ccccc1)C(=O)NC1C(=O)COC1CCN(C)C. The summed E-state index contributed by atoms with van der Waals surface area (Å²) in [7, 11) is 3.88. The van der Waals surface area contributed by atoms with E-state index in [1.165, 1.54) is 17.9 Å². The Morgan fingerprint density at radius 1 is 1.19 bits per heavy atom. The van der Waals surface area contributed by atoms with Gasteiger partial charge >= 0.3 is 6.09 Å². The molecule has 3 atom stereocenters. The molecule has 9 nitrogen and oxygen atoms in total. The summed E-state index contributed by atoms with van der Waals surface area (Å²) < 4.78 is 16.2. The number of nitrogens with one attached hydrogen (secondary N) is 2. The number of benzene rings is 1. The van der Waals surface area contributed by atoms with Crippen LogP contribution in [-0.4, -0.2) is 68.1 Å². The van der Waals surface area contributed by atoms with E-state index in [9.17, 15) is 14.4 Å². The second-order valence-electron chi connectivity index (χ2n) is 10.7. The Hall–Kier alpha value is -3.17.